The van der Waals surface area contributed by atoms with Crippen molar-refractivity contribution in [1.29, 1.82) is 0 Å². The molecule has 0 bridgehead atoms. The van der Waals surface area contributed by atoms with Gasteiger partial charge in [0.05, 0.1) is 0 Å². The minimum Gasteiger partial charge on any atom is -0.488 e. The van der Waals surface area contributed by atoms with Crippen LogP contribution in [-0.4, -0.2) is 11.1 Å². The SMILES string of the molecule is O=C(O)c1cc(OCc2cccc(Cl)c2)cs1. The van der Waals surface area contributed by atoms with Crippen molar-refractivity contribution in [2.45, 2.75) is 6.61 Å². The third kappa shape index (κ3) is 3.22. The summed E-state index contributed by atoms with van der Waals surface area (Å²) in [5.41, 5.74) is 0.945. The first-order valence-electron chi connectivity index (χ1n) is 4.84. The van der Waals surface area contributed by atoms with Gasteiger partial charge >= 0.3 is 5.97 Å². The molecule has 0 saturated heterocycles. The molecule has 1 heterocycles. The van der Waals surface area contributed by atoms with Crippen LogP contribution in [0.2, 0.25) is 5.02 Å². The van der Waals surface area contributed by atoms with Crippen molar-refractivity contribution in [3.8, 4) is 5.75 Å². The molecule has 1 N–H and O–H groups in total. The van der Waals surface area contributed by atoms with Crippen LogP contribution in [0.1, 0.15) is 15.2 Å². The van der Waals surface area contributed by atoms with Crippen LogP contribution in [0, 0.1) is 0 Å². The molecule has 0 radical (unpaired) electrons. The number of carboxylic acids is 1. The second kappa shape index (κ2) is 5.21. The molecule has 3 nitrogen and oxygen atoms in total. The number of aromatic carboxylic acids is 1. The minimum atomic E-state index is -0.937. The number of benzene rings is 1. The Morgan fingerprint density at radius 3 is 2.88 bits per heavy atom. The molecule has 17 heavy (non-hydrogen) atoms. The van der Waals surface area contributed by atoms with Gasteiger partial charge in [-0.1, -0.05) is 23.7 Å². The Kier molecular flexibility index (Phi) is 3.66. The molecule has 88 valence electrons. The number of carboxylic acid groups (broad SMARTS) is 1. The number of hydrogen-bond acceptors (Lipinski definition) is 3. The fourth-order valence-corrected chi connectivity index (χ4v) is 2.18. The van der Waals surface area contributed by atoms with E-state index >= 15 is 0 Å². The van der Waals surface area contributed by atoms with Gasteiger partial charge in [0.25, 0.3) is 0 Å². The summed E-state index contributed by atoms with van der Waals surface area (Å²) in [6, 6.07) is 8.86. The quantitative estimate of drug-likeness (QED) is 0.920. The first-order chi connectivity index (χ1) is 8.15. The Morgan fingerprint density at radius 2 is 2.24 bits per heavy atom. The van der Waals surface area contributed by atoms with E-state index in [2.05, 4.69) is 0 Å². The van der Waals surface area contributed by atoms with Crippen LogP contribution in [0.25, 0.3) is 0 Å². The van der Waals surface area contributed by atoms with E-state index in [1.165, 1.54) is 6.07 Å². The van der Waals surface area contributed by atoms with Gasteiger partial charge in [-0.25, -0.2) is 4.79 Å². The Bertz CT molecular complexity index is 536. The van der Waals surface area contributed by atoms with Gasteiger partial charge in [0.1, 0.15) is 17.2 Å². The van der Waals surface area contributed by atoms with E-state index < -0.39 is 5.97 Å². The maximum atomic E-state index is 10.7. The smallest absolute Gasteiger partial charge is 0.346 e. The number of hydrogen-bond donors (Lipinski definition) is 1. The molecule has 2 aromatic rings. The molecular formula is C12H9ClO3S. The van der Waals surface area contributed by atoms with E-state index in [4.69, 9.17) is 21.4 Å². The largest absolute Gasteiger partial charge is 0.488 e. The third-order valence-corrected chi connectivity index (χ3v) is 3.21. The van der Waals surface area contributed by atoms with Crippen LogP contribution in [0.15, 0.2) is 35.7 Å². The summed E-state index contributed by atoms with van der Waals surface area (Å²) in [7, 11) is 0. The fourth-order valence-electron chi connectivity index (χ4n) is 1.30. The summed E-state index contributed by atoms with van der Waals surface area (Å²) in [6.45, 7) is 0.371. The van der Waals surface area contributed by atoms with Gasteiger partial charge in [0.15, 0.2) is 0 Å². The molecule has 0 aliphatic rings. The zero-order chi connectivity index (χ0) is 12.3. The number of halogens is 1. The monoisotopic (exact) mass is 268 g/mol. The molecule has 0 spiro atoms. The topological polar surface area (TPSA) is 46.5 Å². The highest BCUT2D eigenvalue weighted by molar-refractivity contribution is 7.12. The molecular weight excluding hydrogens is 260 g/mol. The van der Waals surface area contributed by atoms with Gasteiger partial charge in [-0.2, -0.15) is 0 Å². The van der Waals surface area contributed by atoms with Gasteiger partial charge in [0, 0.05) is 16.5 Å². The standard InChI is InChI=1S/C12H9ClO3S/c13-9-3-1-2-8(4-9)6-16-10-5-11(12(14)15)17-7-10/h1-5,7H,6H2,(H,14,15). The van der Waals surface area contributed by atoms with Crippen molar-refractivity contribution in [2.24, 2.45) is 0 Å². The van der Waals surface area contributed by atoms with Crippen molar-refractivity contribution < 1.29 is 14.6 Å². The van der Waals surface area contributed by atoms with Crippen molar-refractivity contribution in [3.05, 3.63) is 51.2 Å². The van der Waals surface area contributed by atoms with Crippen LogP contribution in [0.3, 0.4) is 0 Å². The summed E-state index contributed by atoms with van der Waals surface area (Å²) in [5, 5.41) is 11.1. The van der Waals surface area contributed by atoms with E-state index in [0.29, 0.717) is 17.4 Å². The maximum absolute atomic E-state index is 10.7. The molecule has 0 aliphatic carbocycles. The molecule has 0 aliphatic heterocycles. The lowest BCUT2D eigenvalue weighted by Gasteiger charge is -2.03. The average Bonchev–Trinajstić information content (AvgIpc) is 2.75. The second-order valence-corrected chi connectivity index (χ2v) is 4.72. The summed E-state index contributed by atoms with van der Waals surface area (Å²) in [5.74, 6) is -0.375. The zero-order valence-corrected chi connectivity index (χ0v) is 10.3. The summed E-state index contributed by atoms with van der Waals surface area (Å²) < 4.78 is 5.47. The van der Waals surface area contributed by atoms with E-state index in [1.54, 1.807) is 11.4 Å². The predicted molar refractivity (Wildman–Crippen MR) is 67.1 cm³/mol. The van der Waals surface area contributed by atoms with Crippen LogP contribution in [-0.2, 0) is 6.61 Å². The number of thiophene rings is 1. The lowest BCUT2D eigenvalue weighted by atomic mass is 10.2. The maximum Gasteiger partial charge on any atom is 0.346 e. The Balaban J connectivity index is 2.00. The van der Waals surface area contributed by atoms with E-state index in [1.807, 2.05) is 18.2 Å². The van der Waals surface area contributed by atoms with E-state index in [-0.39, 0.29) is 4.88 Å². The summed E-state index contributed by atoms with van der Waals surface area (Å²) in [4.78, 5) is 10.9. The van der Waals surface area contributed by atoms with Crippen molar-refractivity contribution in [3.63, 3.8) is 0 Å². The molecule has 1 aromatic carbocycles. The minimum absolute atomic E-state index is 0.270. The normalized spacial score (nSPS) is 10.2. The van der Waals surface area contributed by atoms with Gasteiger partial charge in [-0.15, -0.1) is 11.3 Å². The molecule has 0 fully saturated rings. The Hall–Kier alpha value is -1.52. The van der Waals surface area contributed by atoms with Gasteiger partial charge in [-0.3, -0.25) is 0 Å². The third-order valence-electron chi connectivity index (χ3n) is 2.08. The van der Waals surface area contributed by atoms with E-state index in [9.17, 15) is 4.79 Å². The first kappa shape index (κ1) is 12.0. The summed E-state index contributed by atoms with van der Waals surface area (Å²) in [6.07, 6.45) is 0. The Labute approximate surface area is 107 Å². The molecule has 5 heteroatoms. The fraction of sp³-hybridized carbons (Fsp3) is 0.0833. The van der Waals surface area contributed by atoms with Crippen molar-refractivity contribution >= 4 is 28.9 Å². The number of carbonyl (C=O) groups is 1. The highest BCUT2D eigenvalue weighted by Gasteiger charge is 2.07. The highest BCUT2D eigenvalue weighted by Crippen LogP contribution is 2.22. The first-order valence-corrected chi connectivity index (χ1v) is 6.10. The van der Waals surface area contributed by atoms with Gasteiger partial charge in [0.2, 0.25) is 0 Å². The highest BCUT2D eigenvalue weighted by atomic mass is 35.5. The van der Waals surface area contributed by atoms with E-state index in [0.717, 1.165) is 16.9 Å². The number of rotatable bonds is 4. The zero-order valence-electron chi connectivity index (χ0n) is 8.72. The van der Waals surface area contributed by atoms with Gasteiger partial charge in [-0.05, 0) is 17.7 Å². The molecule has 0 atom stereocenters. The molecule has 2 rings (SSSR count). The van der Waals surface area contributed by atoms with Crippen LogP contribution < -0.4 is 4.74 Å². The van der Waals surface area contributed by atoms with Crippen LogP contribution >= 0.6 is 22.9 Å². The summed E-state index contributed by atoms with van der Waals surface area (Å²) >= 11 is 6.99. The molecule has 1 aromatic heterocycles. The number of ether oxygens (including phenoxy) is 1. The van der Waals surface area contributed by atoms with Gasteiger partial charge < -0.3 is 9.84 Å². The average molecular weight is 269 g/mol. The lowest BCUT2D eigenvalue weighted by Crippen LogP contribution is -1.94. The predicted octanol–water partition coefficient (Wildman–Crippen LogP) is 3.68. The molecule has 0 unspecified atom stereocenters. The van der Waals surface area contributed by atoms with Crippen molar-refractivity contribution in [2.75, 3.05) is 0 Å². The van der Waals surface area contributed by atoms with Crippen LogP contribution in [0.4, 0.5) is 0 Å². The molecule has 0 amide bonds. The van der Waals surface area contributed by atoms with Crippen LogP contribution in [0.5, 0.6) is 5.75 Å². The Morgan fingerprint density at radius 1 is 1.41 bits per heavy atom. The lowest BCUT2D eigenvalue weighted by molar-refractivity contribution is 0.0702. The molecule has 0 saturated carbocycles. The second-order valence-electron chi connectivity index (χ2n) is 3.37. The van der Waals surface area contributed by atoms with Crippen molar-refractivity contribution in [1.82, 2.24) is 0 Å².